The minimum absolute atomic E-state index is 0. The maximum absolute atomic E-state index is 12.9. The van der Waals surface area contributed by atoms with Gasteiger partial charge in [0.25, 0.3) is 0 Å². The number of nitrogens with zero attached hydrogens (tertiary/aromatic N) is 7. The number of fused-ring (bicyclic) bond motifs is 1. The van der Waals surface area contributed by atoms with E-state index in [2.05, 4.69) is 37.9 Å². The summed E-state index contributed by atoms with van der Waals surface area (Å²) in [6.07, 6.45) is 7.97. The number of likely N-dealkylation sites (N-methyl/N-ethyl adjacent to an activating group) is 1. The number of rotatable bonds is 8. The van der Waals surface area contributed by atoms with Crippen LogP contribution >= 0.6 is 0 Å². The maximum Gasteiger partial charge on any atom is 0.239 e. The number of imidazole rings is 1. The largest absolute Gasteiger partial charge is 0.493 e. The smallest absolute Gasteiger partial charge is 0.239 e. The number of aromatic nitrogens is 4. The lowest BCUT2D eigenvalue weighted by atomic mass is 9.93. The van der Waals surface area contributed by atoms with Gasteiger partial charge in [0.15, 0.2) is 5.65 Å². The van der Waals surface area contributed by atoms with Crippen molar-refractivity contribution in [2.24, 2.45) is 11.8 Å². The highest BCUT2D eigenvalue weighted by Crippen LogP contribution is 2.31. The van der Waals surface area contributed by atoms with Crippen molar-refractivity contribution in [1.29, 1.82) is 5.26 Å². The molecule has 3 aliphatic rings. The number of ether oxygens (including phenoxy) is 2. The maximum atomic E-state index is 12.9. The molecule has 1 amide bonds. The van der Waals surface area contributed by atoms with Gasteiger partial charge in [0, 0.05) is 37.7 Å². The monoisotopic (exact) mass is 573 g/mol. The minimum Gasteiger partial charge on any atom is -0.493 e. The summed E-state index contributed by atoms with van der Waals surface area (Å²) in [6, 6.07) is 8.21. The summed E-state index contributed by atoms with van der Waals surface area (Å²) in [7, 11) is 2.06. The van der Waals surface area contributed by atoms with Gasteiger partial charge in [-0.05, 0) is 88.7 Å². The van der Waals surface area contributed by atoms with E-state index in [1.165, 1.54) is 0 Å². The van der Waals surface area contributed by atoms with Crippen molar-refractivity contribution in [2.45, 2.75) is 65.5 Å². The van der Waals surface area contributed by atoms with Crippen LogP contribution in [0.5, 0.6) is 5.75 Å². The Kier molecular flexibility index (Phi) is 9.39. The average Bonchev–Trinajstić information content (AvgIpc) is 3.76. The molecule has 10 heteroatoms. The number of aryl methyl sites for hydroxylation is 1. The number of carbonyl (C=O) groups is 1. The standard InChI is InChI=1S/C31H39N7O3.CH4/c1-21-16-24(28-29-30(35-27(17-32)34-28)38(20-33-29)18-23-9-14-40-19-23)5-6-26(21)41-15-10-22-7-12-37(13-8-22)31(39)25-4-3-11-36(25)2;/h5-6,16,20,22-23,25H,3-4,7-15,18-19H2,1-2H3;1H4/t23?,25-;/m0./s1. The zero-order valence-electron chi connectivity index (χ0n) is 24.1. The molecule has 6 rings (SSSR count). The first-order valence-corrected chi connectivity index (χ1v) is 14.9. The lowest BCUT2D eigenvalue weighted by molar-refractivity contribution is -0.137. The number of likely N-dealkylation sites (tertiary alicyclic amines) is 2. The summed E-state index contributed by atoms with van der Waals surface area (Å²) in [5, 5.41) is 9.62. The molecule has 10 nitrogen and oxygen atoms in total. The predicted molar refractivity (Wildman–Crippen MR) is 161 cm³/mol. The quantitative estimate of drug-likeness (QED) is 0.389. The second-order valence-corrected chi connectivity index (χ2v) is 11.8. The second-order valence-electron chi connectivity index (χ2n) is 11.8. The third-order valence-corrected chi connectivity index (χ3v) is 9.01. The summed E-state index contributed by atoms with van der Waals surface area (Å²) in [5.41, 5.74) is 3.93. The Balaban J connectivity index is 0.00000353. The van der Waals surface area contributed by atoms with Crippen molar-refractivity contribution in [3.8, 4) is 23.1 Å². The van der Waals surface area contributed by atoms with Crippen molar-refractivity contribution in [3.05, 3.63) is 35.9 Å². The molecule has 0 bridgehead atoms. The molecule has 3 fully saturated rings. The molecule has 3 aromatic rings. The average molecular weight is 574 g/mol. The number of carbonyl (C=O) groups excluding carboxylic acids is 1. The van der Waals surface area contributed by atoms with Gasteiger partial charge in [0.1, 0.15) is 23.0 Å². The molecule has 2 aromatic heterocycles. The SMILES string of the molecule is C.Cc1cc(-c2nc(C#N)nc3c2ncn3CC2CCOC2)ccc1OCCC1CCN(C(=O)[C@@H]2CCCN2C)CC1. The van der Waals surface area contributed by atoms with Crippen molar-refractivity contribution in [3.63, 3.8) is 0 Å². The third-order valence-electron chi connectivity index (χ3n) is 9.01. The van der Waals surface area contributed by atoms with Crippen molar-refractivity contribution < 1.29 is 14.3 Å². The summed E-state index contributed by atoms with van der Waals surface area (Å²) < 4.78 is 13.7. The van der Waals surface area contributed by atoms with E-state index in [0.29, 0.717) is 41.2 Å². The van der Waals surface area contributed by atoms with E-state index in [-0.39, 0.29) is 19.3 Å². The first kappa shape index (κ1) is 29.9. The molecule has 224 valence electrons. The van der Waals surface area contributed by atoms with Crippen LogP contribution in [0.25, 0.3) is 22.4 Å². The third kappa shape index (κ3) is 6.27. The van der Waals surface area contributed by atoms with E-state index in [0.717, 1.165) is 94.8 Å². The molecule has 1 aromatic carbocycles. The van der Waals surface area contributed by atoms with Crippen LogP contribution in [0.1, 0.15) is 57.3 Å². The van der Waals surface area contributed by atoms with E-state index >= 15 is 0 Å². The Bertz CT molecular complexity index is 1430. The number of piperidine rings is 1. The highest BCUT2D eigenvalue weighted by atomic mass is 16.5. The van der Waals surface area contributed by atoms with Crippen LogP contribution in [0.15, 0.2) is 24.5 Å². The van der Waals surface area contributed by atoms with Crippen molar-refractivity contribution in [1.82, 2.24) is 29.3 Å². The van der Waals surface area contributed by atoms with Crippen molar-refractivity contribution in [2.75, 3.05) is 46.5 Å². The first-order valence-electron chi connectivity index (χ1n) is 14.9. The van der Waals surface area contributed by atoms with Crippen LogP contribution in [0.2, 0.25) is 0 Å². The molecule has 42 heavy (non-hydrogen) atoms. The van der Waals surface area contributed by atoms with E-state index in [1.54, 1.807) is 6.33 Å². The van der Waals surface area contributed by atoms with E-state index in [4.69, 9.17) is 9.47 Å². The van der Waals surface area contributed by atoms with Gasteiger partial charge >= 0.3 is 0 Å². The molecule has 3 aliphatic heterocycles. The molecule has 1 unspecified atom stereocenters. The van der Waals surface area contributed by atoms with Crippen LogP contribution in [-0.4, -0.2) is 87.8 Å². The predicted octanol–water partition coefficient (Wildman–Crippen LogP) is 4.45. The Morgan fingerprint density at radius 2 is 1.98 bits per heavy atom. The van der Waals surface area contributed by atoms with Gasteiger partial charge in [-0.2, -0.15) is 10.2 Å². The highest BCUT2D eigenvalue weighted by molar-refractivity contribution is 5.88. The Morgan fingerprint density at radius 1 is 1.14 bits per heavy atom. The first-order chi connectivity index (χ1) is 20.0. The number of nitriles is 1. The lowest BCUT2D eigenvalue weighted by Crippen LogP contribution is -2.47. The zero-order valence-corrected chi connectivity index (χ0v) is 24.1. The molecule has 0 N–H and O–H groups in total. The van der Waals surface area contributed by atoms with Gasteiger partial charge in [-0.25, -0.2) is 9.97 Å². The molecule has 3 saturated heterocycles. The Morgan fingerprint density at radius 3 is 2.67 bits per heavy atom. The number of hydrogen-bond acceptors (Lipinski definition) is 8. The van der Waals surface area contributed by atoms with Crippen LogP contribution in [0.4, 0.5) is 0 Å². The number of hydrogen-bond donors (Lipinski definition) is 0. The molecular formula is C32H43N7O3. The van der Waals surface area contributed by atoms with Crippen molar-refractivity contribution >= 4 is 17.1 Å². The Hall–Kier alpha value is -3.55. The van der Waals surface area contributed by atoms with Gasteiger partial charge in [-0.15, -0.1) is 0 Å². The summed E-state index contributed by atoms with van der Waals surface area (Å²) in [4.78, 5) is 30.8. The topological polar surface area (TPSA) is 109 Å². The molecule has 0 spiro atoms. The summed E-state index contributed by atoms with van der Waals surface area (Å²) in [5.74, 6) is 2.29. The minimum atomic E-state index is 0. The van der Waals surface area contributed by atoms with Gasteiger partial charge < -0.3 is 18.9 Å². The molecule has 0 aliphatic carbocycles. The second kappa shape index (κ2) is 13.2. The zero-order chi connectivity index (χ0) is 28.3. The summed E-state index contributed by atoms with van der Waals surface area (Å²) >= 11 is 0. The normalized spacial score (nSPS) is 21.4. The fourth-order valence-corrected chi connectivity index (χ4v) is 6.50. The van der Waals surface area contributed by atoms with Gasteiger partial charge in [-0.3, -0.25) is 9.69 Å². The molecule has 2 atom stereocenters. The van der Waals surface area contributed by atoms with Crippen LogP contribution in [-0.2, 0) is 16.1 Å². The molecule has 0 saturated carbocycles. The lowest BCUT2D eigenvalue weighted by Gasteiger charge is -2.34. The number of benzene rings is 1. The van der Waals surface area contributed by atoms with E-state index in [9.17, 15) is 10.1 Å². The molecular weight excluding hydrogens is 530 g/mol. The van der Waals surface area contributed by atoms with Gasteiger partial charge in [0.2, 0.25) is 11.7 Å². The van der Waals surface area contributed by atoms with Crippen LogP contribution < -0.4 is 4.74 Å². The molecule has 0 radical (unpaired) electrons. The van der Waals surface area contributed by atoms with E-state index < -0.39 is 0 Å². The van der Waals surface area contributed by atoms with E-state index in [1.807, 2.05) is 29.7 Å². The molecule has 5 heterocycles. The van der Waals surface area contributed by atoms with Crippen LogP contribution in [0.3, 0.4) is 0 Å². The van der Waals surface area contributed by atoms with Gasteiger partial charge in [0.05, 0.1) is 25.6 Å². The van der Waals surface area contributed by atoms with Crippen LogP contribution in [0, 0.1) is 30.1 Å². The summed E-state index contributed by atoms with van der Waals surface area (Å²) in [6.45, 7) is 7.69. The van der Waals surface area contributed by atoms with Gasteiger partial charge in [-0.1, -0.05) is 7.43 Å². The fourth-order valence-electron chi connectivity index (χ4n) is 6.50. The fraction of sp³-hybridized carbons (Fsp3) is 0.594. The highest BCUT2D eigenvalue weighted by Gasteiger charge is 2.33. The number of amides is 1. The Labute approximate surface area is 248 Å².